The van der Waals surface area contributed by atoms with Crippen LogP contribution in [0.25, 0.3) is 6.08 Å². The molecule has 34 heavy (non-hydrogen) atoms. The molecule has 0 bridgehead atoms. The van der Waals surface area contributed by atoms with Gasteiger partial charge in [-0.05, 0) is 47.1 Å². The second kappa shape index (κ2) is 11.6. The van der Waals surface area contributed by atoms with Crippen molar-refractivity contribution in [3.63, 3.8) is 0 Å². The highest BCUT2D eigenvalue weighted by atomic mass is 32.1. The summed E-state index contributed by atoms with van der Waals surface area (Å²) in [6.45, 7) is 3.23. The number of amides is 1. The van der Waals surface area contributed by atoms with Crippen molar-refractivity contribution >= 4 is 29.3 Å². The standard InChI is InChI=1S/C28H29N3O2S/c1-33-25-15-12-22(13-16-25)14-17-26(32)29-28(34)31-20-18-30(19-21-31)27(23-8-4-2-5-9-23)24-10-6-3-7-11-24/h2-17,27H,18-21H2,1H3,(H,29,32,34). The van der Waals surface area contributed by atoms with E-state index in [1.54, 1.807) is 13.2 Å². The minimum atomic E-state index is -0.227. The molecule has 5 nitrogen and oxygen atoms in total. The molecular formula is C28H29N3O2S. The van der Waals surface area contributed by atoms with Crippen LogP contribution in [0.2, 0.25) is 0 Å². The molecule has 0 atom stereocenters. The molecule has 0 aromatic heterocycles. The van der Waals surface area contributed by atoms with Gasteiger partial charge in [0.25, 0.3) is 0 Å². The van der Waals surface area contributed by atoms with E-state index in [2.05, 4.69) is 63.6 Å². The maximum Gasteiger partial charge on any atom is 0.250 e. The lowest BCUT2D eigenvalue weighted by atomic mass is 9.96. The summed E-state index contributed by atoms with van der Waals surface area (Å²) in [6, 6.07) is 28.9. The Labute approximate surface area is 206 Å². The van der Waals surface area contributed by atoms with Crippen LogP contribution in [0.5, 0.6) is 5.75 Å². The highest BCUT2D eigenvalue weighted by molar-refractivity contribution is 7.80. The zero-order chi connectivity index (χ0) is 23.8. The second-order valence-electron chi connectivity index (χ2n) is 8.15. The van der Waals surface area contributed by atoms with Crippen molar-refractivity contribution in [3.8, 4) is 5.75 Å². The molecule has 1 heterocycles. The highest BCUT2D eigenvalue weighted by Crippen LogP contribution is 2.29. The molecule has 3 aromatic carbocycles. The number of carbonyl (C=O) groups excluding carboxylic acids is 1. The fraction of sp³-hybridized carbons (Fsp3) is 0.214. The van der Waals surface area contributed by atoms with Crippen molar-refractivity contribution in [2.75, 3.05) is 33.3 Å². The average Bonchev–Trinajstić information content (AvgIpc) is 2.89. The topological polar surface area (TPSA) is 44.8 Å². The summed E-state index contributed by atoms with van der Waals surface area (Å²) in [6.07, 6.45) is 3.27. The lowest BCUT2D eigenvalue weighted by Gasteiger charge is -2.40. The van der Waals surface area contributed by atoms with Gasteiger partial charge in [0, 0.05) is 32.3 Å². The van der Waals surface area contributed by atoms with E-state index in [1.807, 2.05) is 36.4 Å². The van der Waals surface area contributed by atoms with Gasteiger partial charge in [-0.25, -0.2) is 0 Å². The van der Waals surface area contributed by atoms with Gasteiger partial charge in [-0.1, -0.05) is 72.8 Å². The van der Waals surface area contributed by atoms with Gasteiger partial charge >= 0.3 is 0 Å². The van der Waals surface area contributed by atoms with E-state index in [1.165, 1.54) is 17.2 Å². The predicted octanol–water partition coefficient (Wildman–Crippen LogP) is 4.52. The first-order valence-corrected chi connectivity index (χ1v) is 11.8. The third kappa shape index (κ3) is 6.10. The number of thiocarbonyl (C=S) groups is 1. The van der Waals surface area contributed by atoms with Crippen LogP contribution in [0.1, 0.15) is 22.7 Å². The van der Waals surface area contributed by atoms with Gasteiger partial charge in [0.1, 0.15) is 5.75 Å². The molecular weight excluding hydrogens is 442 g/mol. The van der Waals surface area contributed by atoms with Crippen LogP contribution in [-0.4, -0.2) is 54.1 Å². The van der Waals surface area contributed by atoms with E-state index in [9.17, 15) is 4.79 Å². The van der Waals surface area contributed by atoms with Crippen molar-refractivity contribution in [1.29, 1.82) is 0 Å². The third-order valence-corrected chi connectivity index (χ3v) is 6.33. The first-order chi connectivity index (χ1) is 16.6. The fourth-order valence-electron chi connectivity index (χ4n) is 4.18. The van der Waals surface area contributed by atoms with Gasteiger partial charge in [0.15, 0.2) is 5.11 Å². The summed E-state index contributed by atoms with van der Waals surface area (Å²) < 4.78 is 5.16. The molecule has 0 saturated carbocycles. The van der Waals surface area contributed by atoms with E-state index >= 15 is 0 Å². The molecule has 1 aliphatic rings. The van der Waals surface area contributed by atoms with E-state index in [4.69, 9.17) is 17.0 Å². The predicted molar refractivity (Wildman–Crippen MR) is 141 cm³/mol. The van der Waals surface area contributed by atoms with Gasteiger partial charge in [-0.15, -0.1) is 0 Å². The highest BCUT2D eigenvalue weighted by Gasteiger charge is 2.27. The zero-order valence-corrected chi connectivity index (χ0v) is 20.1. The van der Waals surface area contributed by atoms with Gasteiger partial charge < -0.3 is 9.64 Å². The molecule has 0 radical (unpaired) electrons. The van der Waals surface area contributed by atoms with Crippen LogP contribution in [-0.2, 0) is 4.79 Å². The molecule has 4 rings (SSSR count). The molecule has 0 spiro atoms. The number of rotatable bonds is 6. The molecule has 3 aromatic rings. The summed E-state index contributed by atoms with van der Waals surface area (Å²) in [5.74, 6) is 0.554. The van der Waals surface area contributed by atoms with Gasteiger partial charge in [0.05, 0.1) is 13.2 Å². The average molecular weight is 472 g/mol. The number of carbonyl (C=O) groups is 1. The minimum absolute atomic E-state index is 0.195. The number of methoxy groups -OCH3 is 1. The quantitative estimate of drug-likeness (QED) is 0.423. The van der Waals surface area contributed by atoms with Crippen LogP contribution in [0.4, 0.5) is 0 Å². The Bertz CT molecular complexity index is 1070. The van der Waals surface area contributed by atoms with E-state index in [0.29, 0.717) is 5.11 Å². The smallest absolute Gasteiger partial charge is 0.250 e. The number of nitrogens with one attached hydrogen (secondary N) is 1. The van der Waals surface area contributed by atoms with Gasteiger partial charge in [-0.2, -0.15) is 0 Å². The van der Waals surface area contributed by atoms with Crippen molar-refractivity contribution in [1.82, 2.24) is 15.1 Å². The number of hydrogen-bond donors (Lipinski definition) is 1. The minimum Gasteiger partial charge on any atom is -0.497 e. The normalized spacial score (nSPS) is 14.4. The van der Waals surface area contributed by atoms with Crippen LogP contribution in [0.3, 0.4) is 0 Å². The third-order valence-electron chi connectivity index (χ3n) is 5.97. The molecule has 0 aliphatic carbocycles. The Hall–Kier alpha value is -3.48. The SMILES string of the molecule is COc1ccc(C=CC(=O)NC(=S)N2CCN(C(c3ccccc3)c3ccccc3)CC2)cc1. The number of ether oxygens (including phenoxy) is 1. The van der Waals surface area contributed by atoms with E-state index < -0.39 is 0 Å². The van der Waals surface area contributed by atoms with Gasteiger partial charge in [0.2, 0.25) is 5.91 Å². The summed E-state index contributed by atoms with van der Waals surface area (Å²) in [7, 11) is 1.63. The molecule has 6 heteroatoms. The van der Waals surface area contributed by atoms with Crippen molar-refractivity contribution in [3.05, 3.63) is 108 Å². The van der Waals surface area contributed by atoms with Crippen LogP contribution in [0, 0.1) is 0 Å². The maximum absolute atomic E-state index is 12.4. The van der Waals surface area contributed by atoms with Crippen molar-refractivity contribution in [2.24, 2.45) is 0 Å². The lowest BCUT2D eigenvalue weighted by molar-refractivity contribution is -0.115. The number of nitrogens with zero attached hydrogens (tertiary/aromatic N) is 2. The van der Waals surface area contributed by atoms with E-state index in [-0.39, 0.29) is 11.9 Å². The van der Waals surface area contributed by atoms with Crippen molar-refractivity contribution in [2.45, 2.75) is 6.04 Å². The van der Waals surface area contributed by atoms with Crippen LogP contribution < -0.4 is 10.1 Å². The molecule has 1 N–H and O–H groups in total. The first-order valence-electron chi connectivity index (χ1n) is 11.4. The second-order valence-corrected chi connectivity index (χ2v) is 8.53. The molecule has 0 unspecified atom stereocenters. The molecule has 174 valence electrons. The molecule has 1 amide bonds. The fourth-order valence-corrected chi connectivity index (χ4v) is 4.46. The Balaban J connectivity index is 1.34. The summed E-state index contributed by atoms with van der Waals surface area (Å²) in [5.41, 5.74) is 3.48. The van der Waals surface area contributed by atoms with Gasteiger partial charge in [-0.3, -0.25) is 15.0 Å². The lowest BCUT2D eigenvalue weighted by Crippen LogP contribution is -2.53. The Kier molecular flexibility index (Phi) is 8.07. The number of benzene rings is 3. The number of hydrogen-bond acceptors (Lipinski definition) is 4. The summed E-state index contributed by atoms with van der Waals surface area (Å²) >= 11 is 5.53. The zero-order valence-electron chi connectivity index (χ0n) is 19.3. The Morgan fingerprint density at radius 1 is 0.882 bits per heavy atom. The maximum atomic E-state index is 12.4. The largest absolute Gasteiger partial charge is 0.497 e. The molecule has 1 aliphatic heterocycles. The Morgan fingerprint density at radius 2 is 1.44 bits per heavy atom. The van der Waals surface area contributed by atoms with Crippen LogP contribution in [0.15, 0.2) is 91.0 Å². The first kappa shape index (κ1) is 23.7. The summed E-state index contributed by atoms with van der Waals surface area (Å²) in [5, 5.41) is 3.31. The van der Waals surface area contributed by atoms with Crippen LogP contribution >= 0.6 is 12.2 Å². The number of piperazine rings is 1. The van der Waals surface area contributed by atoms with Crippen molar-refractivity contribution < 1.29 is 9.53 Å². The molecule has 1 saturated heterocycles. The van der Waals surface area contributed by atoms with E-state index in [0.717, 1.165) is 37.5 Å². The Morgan fingerprint density at radius 3 is 1.97 bits per heavy atom. The summed E-state index contributed by atoms with van der Waals surface area (Å²) in [4.78, 5) is 16.9. The monoisotopic (exact) mass is 471 g/mol. The molecule has 1 fully saturated rings.